The number of aromatic nitrogens is 2. The van der Waals surface area contributed by atoms with Crippen molar-refractivity contribution in [3.05, 3.63) is 57.7 Å². The van der Waals surface area contributed by atoms with Crippen molar-refractivity contribution in [2.45, 2.75) is 58.5 Å². The molecule has 1 aliphatic rings. The number of nitrogens with two attached hydrogens (primary N) is 1. The van der Waals surface area contributed by atoms with Crippen LogP contribution in [0.4, 0.5) is 5.82 Å². The predicted octanol–water partition coefficient (Wildman–Crippen LogP) is 2.85. The van der Waals surface area contributed by atoms with Crippen molar-refractivity contribution in [1.29, 1.82) is 0 Å². The van der Waals surface area contributed by atoms with E-state index >= 15 is 0 Å². The Morgan fingerprint density at radius 2 is 1.92 bits per heavy atom. The normalized spacial score (nSPS) is 17.2. The summed E-state index contributed by atoms with van der Waals surface area (Å²) in [7, 11) is 1.47. The minimum absolute atomic E-state index is 0.00297. The molecule has 0 bridgehead atoms. The fourth-order valence-corrected chi connectivity index (χ4v) is 5.14. The van der Waals surface area contributed by atoms with Crippen LogP contribution in [0.5, 0.6) is 0 Å². The van der Waals surface area contributed by atoms with Crippen molar-refractivity contribution in [1.82, 2.24) is 25.5 Å². The molecule has 9 heteroatoms. The minimum Gasteiger partial charge on any atom is -0.384 e. The van der Waals surface area contributed by atoms with Crippen molar-refractivity contribution in [3.63, 3.8) is 0 Å². The van der Waals surface area contributed by atoms with Crippen LogP contribution in [-0.4, -0.2) is 47.0 Å². The summed E-state index contributed by atoms with van der Waals surface area (Å²) in [6, 6.07) is 11.2. The van der Waals surface area contributed by atoms with Gasteiger partial charge >= 0.3 is 0 Å². The summed E-state index contributed by atoms with van der Waals surface area (Å²) in [5.74, 6) is -0.185. The molecule has 5 N–H and O–H groups in total. The van der Waals surface area contributed by atoms with Gasteiger partial charge in [0.1, 0.15) is 17.0 Å². The summed E-state index contributed by atoms with van der Waals surface area (Å²) in [4.78, 5) is 42.9. The molecule has 9 nitrogen and oxygen atoms in total. The summed E-state index contributed by atoms with van der Waals surface area (Å²) in [6.45, 7) is 8.38. The van der Waals surface area contributed by atoms with Crippen LogP contribution in [0.15, 0.2) is 41.2 Å². The smallest absolute Gasteiger partial charge is 0.258 e. The second-order valence-electron chi connectivity index (χ2n) is 10.6. The molecule has 0 unspecified atom stereocenters. The number of hydrogen-bond acceptors (Lipinski definition) is 6. The first-order chi connectivity index (χ1) is 18.2. The lowest BCUT2D eigenvalue weighted by Gasteiger charge is -2.28. The molecular formula is C29H38N6O3. The van der Waals surface area contributed by atoms with Crippen LogP contribution in [0.1, 0.15) is 56.0 Å². The van der Waals surface area contributed by atoms with E-state index in [1.165, 1.54) is 7.05 Å². The lowest BCUT2D eigenvalue weighted by molar-refractivity contribution is -0.120. The summed E-state index contributed by atoms with van der Waals surface area (Å²) in [5, 5.41) is 9.48. The molecule has 3 heterocycles. The van der Waals surface area contributed by atoms with Crippen molar-refractivity contribution in [2.75, 3.05) is 25.9 Å². The molecule has 2 amide bonds. The lowest BCUT2D eigenvalue weighted by atomic mass is 9.94. The molecule has 1 aliphatic heterocycles. The highest BCUT2D eigenvalue weighted by Crippen LogP contribution is 2.25. The van der Waals surface area contributed by atoms with Crippen LogP contribution < -0.4 is 27.1 Å². The largest absolute Gasteiger partial charge is 0.384 e. The Hall–Kier alpha value is -3.72. The van der Waals surface area contributed by atoms with E-state index in [0.717, 1.165) is 36.9 Å². The number of hydrogen-bond donors (Lipinski definition) is 4. The number of nitrogen functional groups attached to an aromatic ring is 1. The second-order valence-corrected chi connectivity index (χ2v) is 10.6. The molecule has 0 aliphatic carbocycles. The summed E-state index contributed by atoms with van der Waals surface area (Å²) < 4.78 is 1.75. The number of anilines is 1. The zero-order chi connectivity index (χ0) is 27.4. The maximum atomic E-state index is 13.1. The molecule has 1 atom stereocenters. The van der Waals surface area contributed by atoms with E-state index < -0.39 is 11.3 Å². The predicted molar refractivity (Wildman–Crippen MR) is 151 cm³/mol. The zero-order valence-electron chi connectivity index (χ0n) is 22.7. The summed E-state index contributed by atoms with van der Waals surface area (Å²) in [5.41, 5.74) is 8.73. The van der Waals surface area contributed by atoms with E-state index in [2.05, 4.69) is 22.9 Å². The van der Waals surface area contributed by atoms with Crippen LogP contribution >= 0.6 is 0 Å². The van der Waals surface area contributed by atoms with Crippen LogP contribution in [-0.2, 0) is 17.8 Å². The van der Waals surface area contributed by atoms with E-state index in [4.69, 9.17) is 10.7 Å². The van der Waals surface area contributed by atoms with E-state index in [1.807, 2.05) is 38.1 Å². The first-order valence-corrected chi connectivity index (χ1v) is 13.3. The number of nitrogens with zero attached hydrogens (tertiary/aromatic N) is 2. The van der Waals surface area contributed by atoms with Crippen molar-refractivity contribution >= 4 is 28.7 Å². The van der Waals surface area contributed by atoms with Crippen LogP contribution in [0.25, 0.3) is 22.3 Å². The number of nitrogens with one attached hydrogen (secondary N) is 3. The molecule has 1 aromatic carbocycles. The number of benzene rings is 1. The highest BCUT2D eigenvalue weighted by molar-refractivity contribution is 6.01. The number of carbonyl (C=O) groups excluding carboxylic acids is 2. The standard InChI is InChI=1S/C29H38N6O3/c1-5-29(13-6-14-33-29)17-32-23(36)15-19-7-9-20(10-8-19)22-12-11-21-25(37)24(28(38)31-4)26(30)35(16-18(2)3)27(21)34-22/h7-12,18,33H,5-6,13-17,30H2,1-4H3,(H,31,38)(H,32,36)/t29-/m1/s1. The van der Waals surface area contributed by atoms with E-state index in [9.17, 15) is 14.4 Å². The fourth-order valence-electron chi connectivity index (χ4n) is 5.14. The maximum Gasteiger partial charge on any atom is 0.258 e. The minimum atomic E-state index is -0.514. The SMILES string of the molecule is CC[C@]1(CNC(=O)Cc2ccc(-c3ccc4c(=O)c(C(=O)NC)c(N)n(CC(C)C)c4n3)cc2)CCCN1. The van der Waals surface area contributed by atoms with Gasteiger partial charge < -0.3 is 26.3 Å². The highest BCUT2D eigenvalue weighted by Gasteiger charge is 2.31. The van der Waals surface area contributed by atoms with Gasteiger partial charge in [0.2, 0.25) is 11.3 Å². The molecule has 1 saturated heterocycles. The quantitative estimate of drug-likeness (QED) is 0.345. The zero-order valence-corrected chi connectivity index (χ0v) is 22.7. The number of pyridine rings is 2. The average Bonchev–Trinajstić information content (AvgIpc) is 3.39. The van der Waals surface area contributed by atoms with Crippen LogP contribution in [0.3, 0.4) is 0 Å². The molecule has 3 aromatic rings. The van der Waals surface area contributed by atoms with E-state index in [-0.39, 0.29) is 28.7 Å². The highest BCUT2D eigenvalue weighted by atomic mass is 16.2. The van der Waals surface area contributed by atoms with Gasteiger partial charge in [-0.15, -0.1) is 0 Å². The summed E-state index contributed by atoms with van der Waals surface area (Å²) in [6.07, 6.45) is 3.52. The number of rotatable bonds is 9. The first-order valence-electron chi connectivity index (χ1n) is 13.3. The Morgan fingerprint density at radius 1 is 1.18 bits per heavy atom. The molecule has 0 saturated carbocycles. The molecule has 0 spiro atoms. The summed E-state index contributed by atoms with van der Waals surface area (Å²) >= 11 is 0. The van der Waals surface area contributed by atoms with Crippen LogP contribution in [0.2, 0.25) is 0 Å². The number of carbonyl (C=O) groups is 2. The third-order valence-corrected chi connectivity index (χ3v) is 7.40. The van der Waals surface area contributed by atoms with Gasteiger partial charge in [0, 0.05) is 31.2 Å². The monoisotopic (exact) mass is 518 g/mol. The fraction of sp³-hybridized carbons (Fsp3) is 0.448. The Kier molecular flexibility index (Phi) is 8.16. The first kappa shape index (κ1) is 27.3. The van der Waals surface area contributed by atoms with Gasteiger partial charge in [-0.1, -0.05) is 45.0 Å². The van der Waals surface area contributed by atoms with Crippen molar-refractivity contribution in [3.8, 4) is 11.3 Å². The van der Waals surface area contributed by atoms with Gasteiger partial charge in [-0.2, -0.15) is 0 Å². The van der Waals surface area contributed by atoms with E-state index in [0.29, 0.717) is 36.2 Å². The molecule has 202 valence electrons. The van der Waals surface area contributed by atoms with Gasteiger partial charge in [-0.05, 0) is 49.4 Å². The third-order valence-electron chi connectivity index (χ3n) is 7.40. The average molecular weight is 519 g/mol. The second kappa shape index (κ2) is 11.3. The lowest BCUT2D eigenvalue weighted by Crippen LogP contribution is -2.49. The molecule has 0 radical (unpaired) electrons. The van der Waals surface area contributed by atoms with Gasteiger partial charge in [-0.25, -0.2) is 4.98 Å². The van der Waals surface area contributed by atoms with Gasteiger partial charge in [0.05, 0.1) is 17.5 Å². The molecular weight excluding hydrogens is 480 g/mol. The molecule has 38 heavy (non-hydrogen) atoms. The van der Waals surface area contributed by atoms with Gasteiger partial charge in [0.25, 0.3) is 5.91 Å². The number of fused-ring (bicyclic) bond motifs is 1. The topological polar surface area (TPSA) is 131 Å². The molecule has 4 rings (SSSR count). The van der Waals surface area contributed by atoms with Crippen LogP contribution in [0, 0.1) is 5.92 Å². The Morgan fingerprint density at radius 3 is 2.53 bits per heavy atom. The third kappa shape index (κ3) is 5.57. The Balaban J connectivity index is 1.58. The Bertz CT molecular complexity index is 1390. The number of amides is 2. The van der Waals surface area contributed by atoms with E-state index in [1.54, 1.807) is 16.7 Å². The molecule has 2 aromatic heterocycles. The van der Waals surface area contributed by atoms with Crippen molar-refractivity contribution in [2.24, 2.45) is 5.92 Å². The maximum absolute atomic E-state index is 13.1. The van der Waals surface area contributed by atoms with Gasteiger partial charge in [0.15, 0.2) is 0 Å². The molecule has 1 fully saturated rings. The van der Waals surface area contributed by atoms with Crippen molar-refractivity contribution < 1.29 is 9.59 Å². The van der Waals surface area contributed by atoms with Gasteiger partial charge in [-0.3, -0.25) is 14.4 Å². The Labute approximate surface area is 223 Å².